The minimum Gasteiger partial charge on any atom is -0.462 e. The summed E-state index contributed by atoms with van der Waals surface area (Å²) in [6.45, 7) is 14.0. The quantitative estimate of drug-likeness (QED) is 0.0222. The Hall–Kier alpha value is -1.94. The molecule has 0 aromatic rings. The number of esters is 4. The van der Waals surface area contributed by atoms with Crippen molar-refractivity contribution < 1.29 is 80.2 Å². The molecule has 0 aromatic carbocycles. The number of aliphatic hydroxyl groups is 1. The highest BCUT2D eigenvalue weighted by Gasteiger charge is 2.30. The number of rotatable bonds is 67. The molecule has 89 heavy (non-hydrogen) atoms. The second-order valence-electron chi connectivity index (χ2n) is 27.2. The second kappa shape index (κ2) is 59.8. The van der Waals surface area contributed by atoms with Crippen molar-refractivity contribution in [3.05, 3.63) is 0 Å². The Morgan fingerprint density at radius 3 is 0.697 bits per heavy atom. The van der Waals surface area contributed by atoms with E-state index in [1.807, 2.05) is 0 Å². The van der Waals surface area contributed by atoms with Crippen molar-refractivity contribution in [3.63, 3.8) is 0 Å². The molecule has 0 fully saturated rings. The van der Waals surface area contributed by atoms with Gasteiger partial charge in [0.2, 0.25) is 0 Å². The summed E-state index contributed by atoms with van der Waals surface area (Å²) in [5.41, 5.74) is 0. The molecule has 19 heteroatoms. The molecule has 0 aliphatic heterocycles. The van der Waals surface area contributed by atoms with Gasteiger partial charge in [-0.05, 0) is 49.4 Å². The van der Waals surface area contributed by atoms with E-state index in [0.717, 1.165) is 108 Å². The molecule has 0 amide bonds. The molecular formula is C70H136O17P2. The summed E-state index contributed by atoms with van der Waals surface area (Å²) in [4.78, 5) is 72.5. The molecule has 5 atom stereocenters. The number of hydrogen-bond acceptors (Lipinski definition) is 15. The molecular weight excluding hydrogens is 1170 g/mol. The highest BCUT2D eigenvalue weighted by Crippen LogP contribution is 2.45. The maximum absolute atomic E-state index is 13.0. The number of aliphatic hydroxyl groups excluding tert-OH is 1. The summed E-state index contributed by atoms with van der Waals surface area (Å²) in [5, 5.41) is 10.6. The molecule has 2 unspecified atom stereocenters. The Morgan fingerprint density at radius 1 is 0.281 bits per heavy atom. The number of phosphoric ester groups is 2. The molecule has 3 N–H and O–H groups in total. The van der Waals surface area contributed by atoms with E-state index in [1.165, 1.54) is 141 Å². The summed E-state index contributed by atoms with van der Waals surface area (Å²) < 4.78 is 68.2. The number of ether oxygens (including phenoxy) is 4. The van der Waals surface area contributed by atoms with E-state index in [-0.39, 0.29) is 25.7 Å². The van der Waals surface area contributed by atoms with Crippen LogP contribution in [-0.2, 0) is 65.4 Å². The Labute approximate surface area is 543 Å². The third kappa shape index (κ3) is 64.6. The van der Waals surface area contributed by atoms with Crippen LogP contribution in [0.2, 0.25) is 0 Å². The smallest absolute Gasteiger partial charge is 0.462 e. The van der Waals surface area contributed by atoms with Crippen LogP contribution in [0.5, 0.6) is 0 Å². The predicted octanol–water partition coefficient (Wildman–Crippen LogP) is 19.7. The number of unbranched alkanes of at least 4 members (excludes halogenated alkanes) is 33. The molecule has 528 valence electrons. The first-order valence-electron chi connectivity index (χ1n) is 36.2. The first kappa shape index (κ1) is 87.1. The van der Waals surface area contributed by atoms with Crippen molar-refractivity contribution in [1.29, 1.82) is 0 Å². The maximum atomic E-state index is 13.0. The van der Waals surface area contributed by atoms with Crippen LogP contribution in [-0.4, -0.2) is 96.7 Å². The monoisotopic (exact) mass is 1310 g/mol. The molecule has 0 saturated carbocycles. The number of carbonyl (C=O) groups excluding carboxylic acids is 4. The van der Waals surface area contributed by atoms with Crippen molar-refractivity contribution in [2.75, 3.05) is 39.6 Å². The molecule has 0 aromatic heterocycles. The van der Waals surface area contributed by atoms with Gasteiger partial charge in [0.1, 0.15) is 19.3 Å². The lowest BCUT2D eigenvalue weighted by Crippen LogP contribution is -2.30. The lowest BCUT2D eigenvalue weighted by atomic mass is 10.0. The maximum Gasteiger partial charge on any atom is 0.472 e. The van der Waals surface area contributed by atoms with Gasteiger partial charge in [-0.2, -0.15) is 0 Å². The van der Waals surface area contributed by atoms with Gasteiger partial charge in [-0.1, -0.05) is 293 Å². The summed E-state index contributed by atoms with van der Waals surface area (Å²) in [6, 6.07) is 0. The van der Waals surface area contributed by atoms with Gasteiger partial charge >= 0.3 is 39.5 Å². The SMILES string of the molecule is CC(C)CCCCCCCCCCCCCCCCC(=O)O[C@H](COC(=O)CCCCCCCCCCCCC(C)C)COP(=O)(O)OC[C@@H](O)COP(=O)(O)OC[C@@H](COC(=O)CCCCCCCCC(C)C)OC(=O)CCCCCCCCCC(C)C. The van der Waals surface area contributed by atoms with Crippen LogP contribution in [0, 0.1) is 23.7 Å². The molecule has 0 aliphatic carbocycles. The number of phosphoric acid groups is 2. The molecule has 0 radical (unpaired) electrons. The number of hydrogen-bond donors (Lipinski definition) is 3. The highest BCUT2D eigenvalue weighted by molar-refractivity contribution is 7.47. The van der Waals surface area contributed by atoms with Crippen LogP contribution in [0.1, 0.15) is 344 Å². The van der Waals surface area contributed by atoms with Gasteiger partial charge in [-0.3, -0.25) is 37.3 Å². The van der Waals surface area contributed by atoms with Crippen molar-refractivity contribution in [3.8, 4) is 0 Å². The van der Waals surface area contributed by atoms with Crippen LogP contribution < -0.4 is 0 Å². The van der Waals surface area contributed by atoms with Crippen LogP contribution in [0.25, 0.3) is 0 Å². The fourth-order valence-corrected chi connectivity index (χ4v) is 12.1. The zero-order valence-corrected chi connectivity index (χ0v) is 59.8. The van der Waals surface area contributed by atoms with Crippen LogP contribution in [0.15, 0.2) is 0 Å². The molecule has 0 bridgehead atoms. The standard InChI is InChI=1S/C70H136O17P2/c1-60(2)46-38-30-22-17-13-11-9-10-12-14-20-26-36-44-52-69(74)86-65(56-80-67(72)50-42-34-25-19-16-15-18-23-31-39-47-61(3)4)58-84-88(76,77)82-54-64(71)55-83-89(78,79)85-59-66(57-81-68(73)51-43-35-29-28-33-41-49-63(7)8)87-70(75)53-45-37-27-21-24-32-40-48-62(5)6/h60-66,71H,9-59H2,1-8H3,(H,76,77)(H,78,79)/t64-,65-,66-/m1/s1. The fraction of sp³-hybridized carbons (Fsp3) is 0.943. The average molecular weight is 1310 g/mol. The van der Waals surface area contributed by atoms with E-state index in [2.05, 4.69) is 55.4 Å². The molecule has 0 rings (SSSR count). The van der Waals surface area contributed by atoms with Gasteiger partial charge in [-0.15, -0.1) is 0 Å². The van der Waals surface area contributed by atoms with E-state index < -0.39 is 97.5 Å². The summed E-state index contributed by atoms with van der Waals surface area (Å²) in [5.74, 6) is 0.796. The zero-order valence-electron chi connectivity index (χ0n) is 58.1. The van der Waals surface area contributed by atoms with E-state index in [0.29, 0.717) is 37.5 Å². The summed E-state index contributed by atoms with van der Waals surface area (Å²) in [7, 11) is -9.90. The molecule has 0 aliphatic rings. The predicted molar refractivity (Wildman–Crippen MR) is 358 cm³/mol. The van der Waals surface area contributed by atoms with Gasteiger partial charge in [0.05, 0.1) is 26.4 Å². The molecule has 0 saturated heterocycles. The van der Waals surface area contributed by atoms with Crippen molar-refractivity contribution in [2.45, 2.75) is 363 Å². The first-order valence-corrected chi connectivity index (χ1v) is 39.2. The average Bonchev–Trinajstić information content (AvgIpc) is 3.61. The van der Waals surface area contributed by atoms with Crippen LogP contribution in [0.4, 0.5) is 0 Å². The van der Waals surface area contributed by atoms with Crippen molar-refractivity contribution in [1.82, 2.24) is 0 Å². The second-order valence-corrected chi connectivity index (χ2v) is 30.1. The summed E-state index contributed by atoms with van der Waals surface area (Å²) >= 11 is 0. The molecule has 0 heterocycles. The van der Waals surface area contributed by atoms with Gasteiger partial charge in [0, 0.05) is 25.7 Å². The Balaban J connectivity index is 5.23. The Kier molecular flexibility index (Phi) is 58.5. The lowest BCUT2D eigenvalue weighted by Gasteiger charge is -2.21. The van der Waals surface area contributed by atoms with E-state index in [1.54, 1.807) is 0 Å². The van der Waals surface area contributed by atoms with E-state index in [9.17, 15) is 43.2 Å². The summed E-state index contributed by atoms with van der Waals surface area (Å²) in [6.07, 6.45) is 41.9. The third-order valence-corrected chi connectivity index (χ3v) is 18.0. The highest BCUT2D eigenvalue weighted by atomic mass is 31.2. The minimum atomic E-state index is -4.95. The van der Waals surface area contributed by atoms with Crippen molar-refractivity contribution >= 4 is 39.5 Å². The minimum absolute atomic E-state index is 0.102. The third-order valence-electron chi connectivity index (χ3n) is 16.1. The molecule has 0 spiro atoms. The fourth-order valence-electron chi connectivity index (χ4n) is 10.5. The lowest BCUT2D eigenvalue weighted by molar-refractivity contribution is -0.161. The van der Waals surface area contributed by atoms with E-state index in [4.69, 9.17) is 37.0 Å². The normalized spacial score (nSPS) is 14.3. The van der Waals surface area contributed by atoms with Crippen LogP contribution >= 0.6 is 15.6 Å². The van der Waals surface area contributed by atoms with Gasteiger partial charge < -0.3 is 33.8 Å². The van der Waals surface area contributed by atoms with Gasteiger partial charge in [0.15, 0.2) is 12.2 Å². The topological polar surface area (TPSA) is 237 Å². The Bertz CT molecular complexity index is 1760. The van der Waals surface area contributed by atoms with E-state index >= 15 is 0 Å². The number of carbonyl (C=O) groups is 4. The Morgan fingerprint density at radius 2 is 0.472 bits per heavy atom. The zero-order chi connectivity index (χ0) is 66.1. The van der Waals surface area contributed by atoms with Gasteiger partial charge in [-0.25, -0.2) is 9.13 Å². The first-order chi connectivity index (χ1) is 42.6. The van der Waals surface area contributed by atoms with Crippen molar-refractivity contribution in [2.24, 2.45) is 23.7 Å². The molecule has 17 nitrogen and oxygen atoms in total. The van der Waals surface area contributed by atoms with Crippen LogP contribution in [0.3, 0.4) is 0 Å². The van der Waals surface area contributed by atoms with Gasteiger partial charge in [0.25, 0.3) is 0 Å². The largest absolute Gasteiger partial charge is 0.472 e.